The molecule has 0 spiro atoms. The van der Waals surface area contributed by atoms with E-state index >= 15 is 0 Å². The lowest BCUT2D eigenvalue weighted by Crippen LogP contribution is -2.21. The van der Waals surface area contributed by atoms with Crippen molar-refractivity contribution in [3.8, 4) is 0 Å². The second kappa shape index (κ2) is 6.87. The van der Waals surface area contributed by atoms with Gasteiger partial charge >= 0.3 is 0 Å². The Morgan fingerprint density at radius 3 is 2.28 bits per heavy atom. The highest BCUT2D eigenvalue weighted by Crippen LogP contribution is 2.16. The summed E-state index contributed by atoms with van der Waals surface area (Å²) in [5.41, 5.74) is 1.00. The van der Waals surface area contributed by atoms with Crippen molar-refractivity contribution in [3.63, 3.8) is 0 Å². The zero-order valence-electron chi connectivity index (χ0n) is 11.0. The molecule has 102 valence electrons. The Bertz CT molecular complexity index is 450. The van der Waals surface area contributed by atoms with Crippen LogP contribution in [0.5, 0.6) is 0 Å². The lowest BCUT2D eigenvalue weighted by Gasteiger charge is -2.16. The summed E-state index contributed by atoms with van der Waals surface area (Å²) in [5.74, 6) is 0. The van der Waals surface area contributed by atoms with Gasteiger partial charge in [0, 0.05) is 6.61 Å². The van der Waals surface area contributed by atoms with Gasteiger partial charge in [-0.3, -0.25) is 0 Å². The second-order valence-electron chi connectivity index (χ2n) is 4.07. The summed E-state index contributed by atoms with van der Waals surface area (Å²) in [5, 5.41) is 0. The summed E-state index contributed by atoms with van der Waals surface area (Å²) in [6.45, 7) is 6.17. The van der Waals surface area contributed by atoms with Crippen LogP contribution in [0, 0.1) is 6.92 Å². The molecular weight excluding hydrogens is 252 g/mol. The fourth-order valence-corrected chi connectivity index (χ4v) is 2.42. The highest BCUT2D eigenvalue weighted by atomic mass is 32.2. The summed E-state index contributed by atoms with van der Waals surface area (Å²) in [4.78, 5) is 0.159. The zero-order chi connectivity index (χ0) is 13.6. The molecule has 0 aliphatic carbocycles. The molecule has 0 aliphatic heterocycles. The van der Waals surface area contributed by atoms with Gasteiger partial charge < -0.3 is 4.74 Å². The predicted octanol–water partition coefficient (Wildman–Crippen LogP) is 2.86. The van der Waals surface area contributed by atoms with Crippen LogP contribution in [0.4, 0.5) is 0 Å². The average molecular weight is 272 g/mol. The number of aryl methyl sites for hydroxylation is 1. The van der Waals surface area contributed by atoms with Gasteiger partial charge in [-0.25, -0.2) is 4.18 Å². The number of benzene rings is 1. The van der Waals surface area contributed by atoms with Crippen molar-refractivity contribution in [2.75, 3.05) is 6.61 Å². The molecule has 5 heteroatoms. The molecule has 0 heterocycles. The standard InChI is InChI=1S/C13H20O4S/c1-4-10-16-13(5-2)17-18(14,15)12-8-6-11(3)7-9-12/h6-9,13H,4-5,10H2,1-3H3/t13-/m1/s1. The fourth-order valence-electron chi connectivity index (χ4n) is 1.36. The zero-order valence-corrected chi connectivity index (χ0v) is 11.9. The SMILES string of the molecule is CCCO[C@@H](CC)OS(=O)(=O)c1ccc(C)cc1. The third-order valence-electron chi connectivity index (χ3n) is 2.38. The van der Waals surface area contributed by atoms with Crippen molar-refractivity contribution >= 4 is 10.1 Å². The van der Waals surface area contributed by atoms with E-state index in [1.807, 2.05) is 20.8 Å². The lowest BCUT2D eigenvalue weighted by molar-refractivity contribution is -0.0774. The van der Waals surface area contributed by atoms with Gasteiger partial charge in [0.15, 0.2) is 6.29 Å². The molecule has 0 saturated heterocycles. The molecule has 1 atom stereocenters. The Morgan fingerprint density at radius 2 is 1.78 bits per heavy atom. The summed E-state index contributed by atoms with van der Waals surface area (Å²) < 4.78 is 34.3. The highest BCUT2D eigenvalue weighted by molar-refractivity contribution is 7.86. The van der Waals surface area contributed by atoms with Crippen molar-refractivity contribution < 1.29 is 17.3 Å². The van der Waals surface area contributed by atoms with Gasteiger partial charge in [0.1, 0.15) is 0 Å². The normalized spacial score (nSPS) is 13.5. The van der Waals surface area contributed by atoms with Crippen molar-refractivity contribution in [1.82, 2.24) is 0 Å². The van der Waals surface area contributed by atoms with Crippen LogP contribution in [0.2, 0.25) is 0 Å². The molecule has 18 heavy (non-hydrogen) atoms. The largest absolute Gasteiger partial charge is 0.351 e. The molecule has 1 aromatic rings. The summed E-state index contributed by atoms with van der Waals surface area (Å²) in [6, 6.07) is 6.56. The minimum Gasteiger partial charge on any atom is -0.351 e. The van der Waals surface area contributed by atoms with Gasteiger partial charge in [-0.1, -0.05) is 31.5 Å². The average Bonchev–Trinajstić information content (AvgIpc) is 2.35. The first kappa shape index (κ1) is 15.1. The van der Waals surface area contributed by atoms with E-state index in [4.69, 9.17) is 8.92 Å². The third kappa shape index (κ3) is 4.40. The van der Waals surface area contributed by atoms with Gasteiger partial charge in [-0.2, -0.15) is 8.42 Å². The summed E-state index contributed by atoms with van der Waals surface area (Å²) in [6.07, 6.45) is 0.603. The first-order chi connectivity index (χ1) is 8.49. The van der Waals surface area contributed by atoms with Crippen LogP contribution in [-0.4, -0.2) is 21.3 Å². The van der Waals surface area contributed by atoms with Crippen LogP contribution < -0.4 is 0 Å². The van der Waals surface area contributed by atoms with Gasteiger partial charge in [0.05, 0.1) is 4.90 Å². The number of hydrogen-bond acceptors (Lipinski definition) is 4. The summed E-state index contributed by atoms with van der Waals surface area (Å²) in [7, 11) is -3.74. The maximum absolute atomic E-state index is 12.0. The lowest BCUT2D eigenvalue weighted by atomic mass is 10.2. The Kier molecular flexibility index (Phi) is 5.78. The third-order valence-corrected chi connectivity index (χ3v) is 3.70. The topological polar surface area (TPSA) is 52.6 Å². The first-order valence-electron chi connectivity index (χ1n) is 6.11. The van der Waals surface area contributed by atoms with Crippen LogP contribution in [-0.2, 0) is 19.0 Å². The smallest absolute Gasteiger partial charge is 0.299 e. The van der Waals surface area contributed by atoms with E-state index in [0.717, 1.165) is 12.0 Å². The van der Waals surface area contributed by atoms with E-state index in [2.05, 4.69) is 0 Å². The quantitative estimate of drug-likeness (QED) is 0.566. The van der Waals surface area contributed by atoms with E-state index in [1.165, 1.54) is 12.1 Å². The minimum atomic E-state index is -3.74. The van der Waals surface area contributed by atoms with Gasteiger partial charge in [0.2, 0.25) is 0 Å². The molecule has 0 aromatic heterocycles. The Labute approximate surface area is 109 Å². The molecule has 0 fully saturated rings. The maximum atomic E-state index is 12.0. The molecule has 0 aliphatic rings. The van der Waals surface area contributed by atoms with Crippen molar-refractivity contribution in [3.05, 3.63) is 29.8 Å². The van der Waals surface area contributed by atoms with E-state index in [9.17, 15) is 8.42 Å². The van der Waals surface area contributed by atoms with Gasteiger partial charge in [-0.15, -0.1) is 0 Å². The fraction of sp³-hybridized carbons (Fsp3) is 0.538. The van der Waals surface area contributed by atoms with Gasteiger partial charge in [0.25, 0.3) is 10.1 Å². The molecule has 1 aromatic carbocycles. The van der Waals surface area contributed by atoms with Crippen LogP contribution in [0.1, 0.15) is 32.3 Å². The molecule has 0 unspecified atom stereocenters. The van der Waals surface area contributed by atoms with E-state index in [-0.39, 0.29) is 4.90 Å². The monoisotopic (exact) mass is 272 g/mol. The number of rotatable bonds is 7. The second-order valence-corrected chi connectivity index (χ2v) is 5.64. The molecule has 0 bridgehead atoms. The van der Waals surface area contributed by atoms with Crippen LogP contribution >= 0.6 is 0 Å². The molecule has 4 nitrogen and oxygen atoms in total. The Morgan fingerprint density at radius 1 is 1.17 bits per heavy atom. The molecule has 0 amide bonds. The van der Waals surface area contributed by atoms with Crippen LogP contribution in [0.3, 0.4) is 0 Å². The molecular formula is C13H20O4S. The Balaban J connectivity index is 2.77. The first-order valence-corrected chi connectivity index (χ1v) is 7.52. The molecule has 0 saturated carbocycles. The molecule has 0 N–H and O–H groups in total. The van der Waals surface area contributed by atoms with Crippen LogP contribution in [0.25, 0.3) is 0 Å². The van der Waals surface area contributed by atoms with Gasteiger partial charge in [-0.05, 0) is 31.9 Å². The molecule has 0 radical (unpaired) electrons. The maximum Gasteiger partial charge on any atom is 0.299 e. The van der Waals surface area contributed by atoms with Crippen molar-refractivity contribution in [1.29, 1.82) is 0 Å². The van der Waals surface area contributed by atoms with Crippen molar-refractivity contribution in [2.45, 2.75) is 44.8 Å². The number of hydrogen-bond donors (Lipinski definition) is 0. The van der Waals surface area contributed by atoms with E-state index < -0.39 is 16.4 Å². The number of ether oxygens (including phenoxy) is 1. The minimum absolute atomic E-state index is 0.159. The van der Waals surface area contributed by atoms with E-state index in [1.54, 1.807) is 12.1 Å². The summed E-state index contributed by atoms with van der Waals surface area (Å²) >= 11 is 0. The predicted molar refractivity (Wildman–Crippen MR) is 69.8 cm³/mol. The van der Waals surface area contributed by atoms with Crippen molar-refractivity contribution in [2.24, 2.45) is 0 Å². The highest BCUT2D eigenvalue weighted by Gasteiger charge is 2.20. The van der Waals surface area contributed by atoms with E-state index in [0.29, 0.717) is 13.0 Å². The molecule has 1 rings (SSSR count). The Hall–Kier alpha value is -0.910. The van der Waals surface area contributed by atoms with Crippen LogP contribution in [0.15, 0.2) is 29.2 Å².